The summed E-state index contributed by atoms with van der Waals surface area (Å²) in [6.07, 6.45) is 0.225. The highest BCUT2D eigenvalue weighted by molar-refractivity contribution is 8.00. The molecule has 164 valence electrons. The summed E-state index contributed by atoms with van der Waals surface area (Å²) in [5.41, 5.74) is 2.01. The molecule has 32 heavy (non-hydrogen) atoms. The van der Waals surface area contributed by atoms with Crippen molar-refractivity contribution in [2.75, 3.05) is 10.6 Å². The fraction of sp³-hybridized carbons (Fsp3) is 0.125. The van der Waals surface area contributed by atoms with Gasteiger partial charge in [0, 0.05) is 21.3 Å². The molecular weight excluding hydrogens is 448 g/mol. The van der Waals surface area contributed by atoms with Gasteiger partial charge in [-0.15, -0.1) is 11.8 Å². The Morgan fingerprint density at radius 1 is 0.938 bits per heavy atom. The molecule has 0 heterocycles. The van der Waals surface area contributed by atoms with E-state index >= 15 is 0 Å². The minimum Gasteiger partial charge on any atom is -0.478 e. The van der Waals surface area contributed by atoms with Crippen LogP contribution in [0.5, 0.6) is 0 Å². The third kappa shape index (κ3) is 6.87. The number of carbonyl (C=O) groups excluding carboxylic acids is 2. The summed E-state index contributed by atoms with van der Waals surface area (Å²) < 4.78 is 0. The molecule has 0 aliphatic rings. The van der Waals surface area contributed by atoms with Gasteiger partial charge in [-0.3, -0.25) is 9.59 Å². The molecule has 1 unspecified atom stereocenters. The Morgan fingerprint density at radius 2 is 1.59 bits per heavy atom. The van der Waals surface area contributed by atoms with Crippen LogP contribution in [-0.2, 0) is 16.0 Å². The molecule has 0 fully saturated rings. The van der Waals surface area contributed by atoms with E-state index in [0.717, 1.165) is 10.5 Å². The number of anilines is 2. The van der Waals surface area contributed by atoms with Crippen molar-refractivity contribution in [3.05, 3.63) is 88.9 Å². The number of carbonyl (C=O) groups is 3. The number of halogens is 1. The molecule has 3 aromatic carbocycles. The van der Waals surface area contributed by atoms with Gasteiger partial charge in [-0.05, 0) is 61.0 Å². The number of nitrogens with one attached hydrogen (secondary N) is 2. The first-order chi connectivity index (χ1) is 15.3. The summed E-state index contributed by atoms with van der Waals surface area (Å²) in [5.74, 6) is -1.47. The summed E-state index contributed by atoms with van der Waals surface area (Å²) in [5, 5.41) is 14.8. The van der Waals surface area contributed by atoms with Crippen LogP contribution in [0.2, 0.25) is 5.02 Å². The summed E-state index contributed by atoms with van der Waals surface area (Å²) in [4.78, 5) is 36.8. The number of rotatable bonds is 8. The molecule has 2 amide bonds. The van der Waals surface area contributed by atoms with E-state index in [-0.39, 0.29) is 23.8 Å². The van der Waals surface area contributed by atoms with E-state index in [1.54, 1.807) is 61.5 Å². The molecule has 0 saturated heterocycles. The highest BCUT2D eigenvalue weighted by atomic mass is 35.5. The Labute approximate surface area is 195 Å². The van der Waals surface area contributed by atoms with E-state index in [0.29, 0.717) is 16.4 Å². The van der Waals surface area contributed by atoms with E-state index in [1.807, 2.05) is 6.07 Å². The lowest BCUT2D eigenvalue weighted by atomic mass is 10.1. The van der Waals surface area contributed by atoms with Crippen LogP contribution in [0.25, 0.3) is 0 Å². The molecule has 3 aromatic rings. The van der Waals surface area contributed by atoms with Crippen molar-refractivity contribution in [1.29, 1.82) is 0 Å². The molecule has 0 aliphatic heterocycles. The second-order valence-corrected chi connectivity index (χ2v) is 8.87. The lowest BCUT2D eigenvalue weighted by Crippen LogP contribution is -2.22. The van der Waals surface area contributed by atoms with Crippen molar-refractivity contribution in [3.63, 3.8) is 0 Å². The van der Waals surface area contributed by atoms with Gasteiger partial charge in [-0.25, -0.2) is 4.79 Å². The van der Waals surface area contributed by atoms with E-state index in [1.165, 1.54) is 23.9 Å². The van der Waals surface area contributed by atoms with E-state index < -0.39 is 11.2 Å². The molecule has 3 N–H and O–H groups in total. The maximum Gasteiger partial charge on any atom is 0.335 e. The number of hydrogen-bond acceptors (Lipinski definition) is 4. The Bertz CT molecular complexity index is 1130. The Kier molecular flexibility index (Phi) is 7.92. The Morgan fingerprint density at radius 3 is 2.28 bits per heavy atom. The van der Waals surface area contributed by atoms with Crippen molar-refractivity contribution in [2.24, 2.45) is 0 Å². The topological polar surface area (TPSA) is 95.5 Å². The van der Waals surface area contributed by atoms with E-state index in [9.17, 15) is 14.4 Å². The van der Waals surface area contributed by atoms with Gasteiger partial charge in [0.05, 0.1) is 17.2 Å². The lowest BCUT2D eigenvalue weighted by molar-refractivity contribution is -0.116. The monoisotopic (exact) mass is 468 g/mol. The Balaban J connectivity index is 1.57. The van der Waals surface area contributed by atoms with Crippen LogP contribution in [0.3, 0.4) is 0 Å². The van der Waals surface area contributed by atoms with Gasteiger partial charge in [0.15, 0.2) is 0 Å². The average Bonchev–Trinajstić information content (AvgIpc) is 2.75. The predicted molar refractivity (Wildman–Crippen MR) is 128 cm³/mol. The van der Waals surface area contributed by atoms with E-state index in [2.05, 4.69) is 10.6 Å². The standard InChI is InChI=1S/C24H21ClN2O4S/c1-15(23(29)27-19-5-2-4-17(13-19)24(30)31)32-21-7-3-6-20(14-21)26-22(28)12-16-8-10-18(25)11-9-16/h2-11,13-15H,12H2,1H3,(H,26,28)(H,27,29)(H,30,31). The summed E-state index contributed by atoms with van der Waals surface area (Å²) in [6.45, 7) is 1.76. The first-order valence-corrected chi connectivity index (χ1v) is 11.0. The fourth-order valence-corrected chi connectivity index (χ4v) is 3.92. The predicted octanol–water partition coefficient (Wildman–Crippen LogP) is 5.34. The van der Waals surface area contributed by atoms with Crippen LogP contribution < -0.4 is 10.6 Å². The van der Waals surface area contributed by atoms with Crippen molar-refractivity contribution < 1.29 is 19.5 Å². The molecular formula is C24H21ClN2O4S. The zero-order chi connectivity index (χ0) is 23.1. The second kappa shape index (κ2) is 10.8. The smallest absolute Gasteiger partial charge is 0.335 e. The molecule has 1 atom stereocenters. The normalized spacial score (nSPS) is 11.4. The third-order valence-electron chi connectivity index (χ3n) is 4.45. The minimum atomic E-state index is -1.06. The van der Waals surface area contributed by atoms with Crippen molar-refractivity contribution in [3.8, 4) is 0 Å². The number of benzene rings is 3. The van der Waals surface area contributed by atoms with E-state index in [4.69, 9.17) is 16.7 Å². The van der Waals surface area contributed by atoms with Gasteiger partial charge in [-0.2, -0.15) is 0 Å². The van der Waals surface area contributed by atoms with Crippen LogP contribution in [-0.4, -0.2) is 28.1 Å². The largest absolute Gasteiger partial charge is 0.478 e. The molecule has 0 aromatic heterocycles. The molecule has 0 saturated carbocycles. The van der Waals surface area contributed by atoms with Gasteiger partial charge in [0.2, 0.25) is 11.8 Å². The van der Waals surface area contributed by atoms with Gasteiger partial charge in [0.1, 0.15) is 0 Å². The molecule has 0 spiro atoms. The quantitative estimate of drug-likeness (QED) is 0.388. The van der Waals surface area contributed by atoms with Gasteiger partial charge < -0.3 is 15.7 Å². The van der Waals surface area contributed by atoms with Gasteiger partial charge >= 0.3 is 5.97 Å². The lowest BCUT2D eigenvalue weighted by Gasteiger charge is -2.13. The highest BCUT2D eigenvalue weighted by Gasteiger charge is 2.16. The summed E-state index contributed by atoms with van der Waals surface area (Å²) in [6, 6.07) is 20.4. The van der Waals surface area contributed by atoms with Crippen molar-refractivity contribution >= 4 is 52.5 Å². The Hall–Kier alpha value is -3.29. The van der Waals surface area contributed by atoms with Crippen LogP contribution in [0.15, 0.2) is 77.7 Å². The number of thioether (sulfide) groups is 1. The van der Waals surface area contributed by atoms with Crippen molar-refractivity contribution in [2.45, 2.75) is 23.5 Å². The first-order valence-electron chi connectivity index (χ1n) is 9.75. The van der Waals surface area contributed by atoms with Crippen LogP contribution in [0.4, 0.5) is 11.4 Å². The molecule has 8 heteroatoms. The zero-order valence-electron chi connectivity index (χ0n) is 17.2. The van der Waals surface area contributed by atoms with Crippen LogP contribution in [0, 0.1) is 0 Å². The maximum absolute atomic E-state index is 12.5. The van der Waals surface area contributed by atoms with Crippen molar-refractivity contribution in [1.82, 2.24) is 0 Å². The minimum absolute atomic E-state index is 0.102. The molecule has 0 radical (unpaired) electrons. The third-order valence-corrected chi connectivity index (χ3v) is 5.80. The second-order valence-electron chi connectivity index (χ2n) is 7.01. The number of hydrogen-bond donors (Lipinski definition) is 3. The van der Waals surface area contributed by atoms with Gasteiger partial charge in [-0.1, -0.05) is 35.9 Å². The van der Waals surface area contributed by atoms with Crippen LogP contribution in [0.1, 0.15) is 22.8 Å². The molecule has 0 aliphatic carbocycles. The highest BCUT2D eigenvalue weighted by Crippen LogP contribution is 2.27. The average molecular weight is 469 g/mol. The first kappa shape index (κ1) is 23.4. The SMILES string of the molecule is CC(Sc1cccc(NC(=O)Cc2ccc(Cl)cc2)c1)C(=O)Nc1cccc(C(=O)O)c1. The zero-order valence-corrected chi connectivity index (χ0v) is 18.7. The van der Waals surface area contributed by atoms with Crippen LogP contribution >= 0.6 is 23.4 Å². The number of carboxylic acids is 1. The van der Waals surface area contributed by atoms with Gasteiger partial charge in [0.25, 0.3) is 0 Å². The number of amides is 2. The number of carboxylic acid groups (broad SMARTS) is 1. The molecule has 3 rings (SSSR count). The molecule has 0 bridgehead atoms. The number of aromatic carboxylic acids is 1. The summed E-state index contributed by atoms with van der Waals surface area (Å²) >= 11 is 7.20. The molecule has 6 nitrogen and oxygen atoms in total. The maximum atomic E-state index is 12.5. The fourth-order valence-electron chi connectivity index (χ4n) is 2.87. The summed E-state index contributed by atoms with van der Waals surface area (Å²) in [7, 11) is 0.